The molecule has 0 aliphatic rings. The molecule has 0 unspecified atom stereocenters. The van der Waals surface area contributed by atoms with Crippen LogP contribution in [-0.4, -0.2) is 25.8 Å². The fourth-order valence-corrected chi connectivity index (χ4v) is 8.65. The van der Waals surface area contributed by atoms with Crippen LogP contribution in [0.5, 0.6) is 11.5 Å². The van der Waals surface area contributed by atoms with Crippen LogP contribution in [0.4, 0.5) is 0 Å². The lowest BCUT2D eigenvalue weighted by atomic mass is 10.3. The average molecular weight is 575 g/mol. The van der Waals surface area contributed by atoms with Gasteiger partial charge in [0, 0.05) is 49.6 Å². The van der Waals surface area contributed by atoms with Crippen molar-refractivity contribution in [2.45, 2.75) is 9.79 Å². The van der Waals surface area contributed by atoms with E-state index in [0.29, 0.717) is 0 Å². The Labute approximate surface area is 229 Å². The van der Waals surface area contributed by atoms with Gasteiger partial charge in [0.2, 0.25) is 9.84 Å². The minimum absolute atomic E-state index is 0.0686. The lowest BCUT2D eigenvalue weighted by Gasteiger charge is -2.23. The number of hydrogen-bond donors (Lipinski definition) is 0. The molecule has 6 aromatic rings. The van der Waals surface area contributed by atoms with Crippen LogP contribution in [0.3, 0.4) is 0 Å². The van der Waals surface area contributed by atoms with E-state index in [-0.39, 0.29) is 21.3 Å². The maximum Gasteiger partial charge on any atom is 0.317 e. The van der Waals surface area contributed by atoms with E-state index in [1.807, 2.05) is 115 Å². The number of sulfone groups is 1. The van der Waals surface area contributed by atoms with Crippen LogP contribution in [0.25, 0.3) is 0 Å². The monoisotopic (exact) mass is 574 g/mol. The highest BCUT2D eigenvalue weighted by Gasteiger charge is 2.29. The fourth-order valence-electron chi connectivity index (χ4n) is 3.97. The molecule has 0 bridgehead atoms. The van der Waals surface area contributed by atoms with E-state index in [0.717, 1.165) is 0 Å². The van der Waals surface area contributed by atoms with E-state index in [9.17, 15) is 8.42 Å². The summed E-state index contributed by atoms with van der Waals surface area (Å²) in [4.78, 5) is 0.137. The van der Waals surface area contributed by atoms with E-state index in [1.165, 1.54) is 0 Å². The fraction of sp³-hybridized carbons (Fsp3) is 0. The van der Waals surface area contributed by atoms with Crippen molar-refractivity contribution in [1.82, 2.24) is 17.4 Å². The zero-order valence-corrected chi connectivity index (χ0v) is 23.2. The number of hydrogen-bond acceptors (Lipinski definition) is 4. The Morgan fingerprint density at radius 2 is 0.718 bits per heavy atom. The van der Waals surface area contributed by atoms with Crippen LogP contribution in [0.2, 0.25) is 0 Å². The molecule has 8 nitrogen and oxygen atoms in total. The Balaban J connectivity index is 1.39. The molecule has 196 valence electrons. The van der Waals surface area contributed by atoms with Gasteiger partial charge in [0.15, 0.2) is 0 Å². The third-order valence-electron chi connectivity index (χ3n) is 5.78. The number of para-hydroxylation sites is 2. The van der Waals surface area contributed by atoms with Crippen molar-refractivity contribution in [1.29, 1.82) is 0 Å². The van der Waals surface area contributed by atoms with Crippen LogP contribution in [0, 0.1) is 0 Å². The predicted molar refractivity (Wildman–Crippen MR) is 153 cm³/mol. The Morgan fingerprint density at radius 3 is 1.03 bits per heavy atom. The second-order valence-corrected chi connectivity index (χ2v) is 13.4. The van der Waals surface area contributed by atoms with Gasteiger partial charge in [0.05, 0.1) is 0 Å². The standard InChI is InChI=1S/C28H24N4O4P2S/c33-39(34,27-15-3-1-13-25(27)35-37(29-17-5-6-18-29)30-19-7-8-20-30)28-16-4-2-14-26(28)36-38(31-21-9-10-22-31)32-23-11-12-24-32/h1-24H. The number of benzene rings is 2. The summed E-state index contributed by atoms with van der Waals surface area (Å²) in [6.45, 7) is 0. The van der Waals surface area contributed by atoms with E-state index >= 15 is 0 Å². The molecule has 0 saturated carbocycles. The zero-order valence-electron chi connectivity index (χ0n) is 20.6. The van der Waals surface area contributed by atoms with Gasteiger partial charge in [0.1, 0.15) is 21.3 Å². The minimum Gasteiger partial charge on any atom is -0.435 e. The van der Waals surface area contributed by atoms with Crippen molar-refractivity contribution < 1.29 is 17.5 Å². The van der Waals surface area contributed by atoms with Crippen molar-refractivity contribution in [3.05, 3.63) is 147 Å². The highest BCUT2D eigenvalue weighted by molar-refractivity contribution is 7.91. The van der Waals surface area contributed by atoms with Crippen LogP contribution in [0.15, 0.2) is 156 Å². The topological polar surface area (TPSA) is 72.3 Å². The molecule has 0 fully saturated rings. The van der Waals surface area contributed by atoms with E-state index in [4.69, 9.17) is 9.05 Å². The molecule has 0 radical (unpaired) electrons. The highest BCUT2D eigenvalue weighted by Crippen LogP contribution is 2.47. The molecule has 0 saturated heterocycles. The first kappa shape index (κ1) is 25.3. The van der Waals surface area contributed by atoms with Crippen molar-refractivity contribution >= 4 is 26.7 Å². The molecular weight excluding hydrogens is 550 g/mol. The summed E-state index contributed by atoms with van der Waals surface area (Å²) in [5.74, 6) is 0.526. The van der Waals surface area contributed by atoms with Crippen molar-refractivity contribution in [3.8, 4) is 11.5 Å². The summed E-state index contributed by atoms with van der Waals surface area (Å²) in [6.07, 6.45) is 15.2. The highest BCUT2D eigenvalue weighted by atomic mass is 32.2. The van der Waals surface area contributed by atoms with E-state index in [2.05, 4.69) is 0 Å². The summed E-state index contributed by atoms with van der Waals surface area (Å²) in [5, 5.41) is 0. The van der Waals surface area contributed by atoms with Crippen molar-refractivity contribution in [2.24, 2.45) is 0 Å². The Bertz CT molecular complexity index is 1540. The summed E-state index contributed by atoms with van der Waals surface area (Å²) in [7, 11) is -6.88. The molecule has 4 aromatic heterocycles. The third-order valence-corrected chi connectivity index (χ3v) is 11.0. The van der Waals surface area contributed by atoms with Crippen molar-refractivity contribution in [2.75, 3.05) is 0 Å². The molecule has 0 aliphatic heterocycles. The first-order valence-corrected chi connectivity index (χ1v) is 15.8. The summed E-state index contributed by atoms with van der Waals surface area (Å²) in [5.41, 5.74) is 0. The van der Waals surface area contributed by atoms with Gasteiger partial charge < -0.3 is 9.05 Å². The minimum atomic E-state index is -4.03. The summed E-state index contributed by atoms with van der Waals surface area (Å²) >= 11 is 0. The van der Waals surface area contributed by atoms with Gasteiger partial charge in [-0.15, -0.1) is 0 Å². The second kappa shape index (κ2) is 11.0. The van der Waals surface area contributed by atoms with Gasteiger partial charge in [-0.1, -0.05) is 24.3 Å². The molecule has 0 spiro atoms. The van der Waals surface area contributed by atoms with Crippen LogP contribution in [-0.2, 0) is 9.84 Å². The SMILES string of the molecule is O=S(=O)(c1ccccc1OP(n1cccc1)n1cccc1)c1ccccc1OP(n1cccc1)n1cccc1. The molecule has 2 aromatic carbocycles. The van der Waals surface area contributed by atoms with Crippen LogP contribution >= 0.6 is 16.9 Å². The van der Waals surface area contributed by atoms with Crippen LogP contribution < -0.4 is 9.05 Å². The van der Waals surface area contributed by atoms with Crippen LogP contribution in [0.1, 0.15) is 0 Å². The van der Waals surface area contributed by atoms with Gasteiger partial charge in [-0.2, -0.15) is 0 Å². The molecule has 11 heteroatoms. The molecule has 39 heavy (non-hydrogen) atoms. The predicted octanol–water partition coefficient (Wildman–Crippen LogP) is 7.13. The lowest BCUT2D eigenvalue weighted by Crippen LogP contribution is -2.10. The maximum absolute atomic E-state index is 14.2. The van der Waals surface area contributed by atoms with Crippen molar-refractivity contribution in [3.63, 3.8) is 0 Å². The van der Waals surface area contributed by atoms with Gasteiger partial charge in [-0.05, 0) is 72.8 Å². The summed E-state index contributed by atoms with van der Waals surface area (Å²) in [6, 6.07) is 28.7. The number of rotatable bonds is 10. The maximum atomic E-state index is 14.2. The van der Waals surface area contributed by atoms with Gasteiger partial charge in [-0.25, -0.2) is 8.42 Å². The Kier molecular flexibility index (Phi) is 7.12. The van der Waals surface area contributed by atoms with Gasteiger partial charge >= 0.3 is 16.9 Å². The van der Waals surface area contributed by atoms with E-state index in [1.54, 1.807) is 48.5 Å². The zero-order chi connectivity index (χ0) is 26.7. The molecule has 0 aliphatic carbocycles. The molecule has 0 N–H and O–H groups in total. The third kappa shape index (κ3) is 5.17. The Morgan fingerprint density at radius 1 is 0.436 bits per heavy atom. The van der Waals surface area contributed by atoms with Gasteiger partial charge in [0.25, 0.3) is 0 Å². The average Bonchev–Trinajstić information content (AvgIpc) is 3.79. The first-order valence-electron chi connectivity index (χ1n) is 12.0. The number of aromatic nitrogens is 4. The smallest absolute Gasteiger partial charge is 0.317 e. The largest absolute Gasteiger partial charge is 0.435 e. The molecule has 4 heterocycles. The lowest BCUT2D eigenvalue weighted by molar-refractivity contribution is 0.551. The first-order chi connectivity index (χ1) is 19.1. The molecule has 0 amide bonds. The summed E-state index contributed by atoms with van der Waals surface area (Å²) < 4.78 is 49.0. The number of nitrogens with zero attached hydrogens (tertiary/aromatic N) is 4. The molecular formula is C28H24N4O4P2S. The van der Waals surface area contributed by atoms with Gasteiger partial charge in [-0.3, -0.25) is 17.4 Å². The quantitative estimate of drug-likeness (QED) is 0.163. The Hall–Kier alpha value is -4.03. The second-order valence-electron chi connectivity index (χ2n) is 8.34. The molecule has 6 rings (SSSR count). The normalized spacial score (nSPS) is 11.7. The van der Waals surface area contributed by atoms with E-state index < -0.39 is 26.7 Å². The molecule has 0 atom stereocenters.